The van der Waals surface area contributed by atoms with Gasteiger partial charge < -0.3 is 5.32 Å². The molecule has 0 saturated heterocycles. The number of rotatable bonds is 8. The minimum absolute atomic E-state index is 0.102. The van der Waals surface area contributed by atoms with Crippen molar-refractivity contribution >= 4 is 37.5 Å². The summed E-state index contributed by atoms with van der Waals surface area (Å²) >= 11 is 3.31. The van der Waals surface area contributed by atoms with Gasteiger partial charge in [-0.15, -0.1) is 0 Å². The predicted octanol–water partition coefficient (Wildman–Crippen LogP) is 5.41. The molecule has 3 rings (SSSR count). The fourth-order valence-corrected chi connectivity index (χ4v) is 4.92. The van der Waals surface area contributed by atoms with Crippen LogP contribution in [0.1, 0.15) is 36.5 Å². The molecule has 0 fully saturated rings. The molecular formula is C25H27BrN2O3S. The number of amides is 1. The zero-order valence-corrected chi connectivity index (χ0v) is 20.7. The van der Waals surface area contributed by atoms with Crippen LogP contribution in [0.25, 0.3) is 0 Å². The molecule has 0 aliphatic heterocycles. The van der Waals surface area contributed by atoms with Crippen molar-refractivity contribution in [3.05, 3.63) is 94.0 Å². The molecule has 0 bridgehead atoms. The van der Waals surface area contributed by atoms with Gasteiger partial charge in [-0.1, -0.05) is 78.3 Å². The van der Waals surface area contributed by atoms with E-state index >= 15 is 0 Å². The largest absolute Gasteiger partial charge is 0.324 e. The highest BCUT2D eigenvalue weighted by Gasteiger charge is 2.27. The molecule has 0 unspecified atom stereocenters. The first kappa shape index (κ1) is 24.2. The number of carbonyl (C=O) groups is 1. The smallest absolute Gasteiger partial charge is 0.242 e. The lowest BCUT2D eigenvalue weighted by Crippen LogP contribution is -2.45. The Kier molecular flexibility index (Phi) is 7.87. The zero-order chi connectivity index (χ0) is 23.3. The van der Waals surface area contributed by atoms with Crippen LogP contribution in [-0.2, 0) is 21.2 Å². The molecule has 3 aromatic carbocycles. The summed E-state index contributed by atoms with van der Waals surface area (Å²) in [5.74, 6) is -0.192. The number of benzene rings is 3. The molecule has 0 radical (unpaired) electrons. The van der Waals surface area contributed by atoms with Crippen molar-refractivity contribution in [2.45, 2.75) is 44.0 Å². The van der Waals surface area contributed by atoms with Gasteiger partial charge in [0.05, 0.1) is 4.90 Å². The van der Waals surface area contributed by atoms with E-state index in [1.54, 1.807) is 12.1 Å². The van der Waals surface area contributed by atoms with Crippen molar-refractivity contribution in [3.63, 3.8) is 0 Å². The number of sulfonamides is 1. The lowest BCUT2D eigenvalue weighted by atomic mass is 9.97. The summed E-state index contributed by atoms with van der Waals surface area (Å²) in [5, 5.41) is 2.99. The summed E-state index contributed by atoms with van der Waals surface area (Å²) in [4.78, 5) is 13.5. The van der Waals surface area contributed by atoms with E-state index in [1.807, 2.05) is 55.5 Å². The Labute approximate surface area is 198 Å². The lowest BCUT2D eigenvalue weighted by Gasteiger charge is -2.22. The summed E-state index contributed by atoms with van der Waals surface area (Å²) in [6.45, 7) is 6.05. The summed E-state index contributed by atoms with van der Waals surface area (Å²) in [5.41, 5.74) is 3.53. The number of hydrogen-bond donors (Lipinski definition) is 2. The molecule has 0 aromatic heterocycles. The number of para-hydroxylation sites is 1. The molecule has 7 heteroatoms. The standard InChI is InChI=1S/C25H27BrN2O3S/c1-17(2)22-11-7-8-18(3)24(22)27-25(29)23(16-19-9-5-4-6-10-19)28-32(30,31)21-14-12-20(26)13-15-21/h4-15,17,23,28H,16H2,1-3H3,(H,27,29)/t23-/m1/s1. The van der Waals surface area contributed by atoms with Gasteiger partial charge in [-0.25, -0.2) is 8.42 Å². The van der Waals surface area contributed by atoms with Gasteiger partial charge >= 0.3 is 0 Å². The molecule has 0 aliphatic rings. The molecule has 32 heavy (non-hydrogen) atoms. The second kappa shape index (κ2) is 10.4. The number of carbonyl (C=O) groups excluding carboxylic acids is 1. The Morgan fingerprint density at radius 1 is 0.938 bits per heavy atom. The Morgan fingerprint density at radius 3 is 2.22 bits per heavy atom. The topological polar surface area (TPSA) is 75.3 Å². The van der Waals surface area contributed by atoms with Gasteiger partial charge in [0.15, 0.2) is 0 Å². The monoisotopic (exact) mass is 514 g/mol. The zero-order valence-electron chi connectivity index (χ0n) is 18.3. The van der Waals surface area contributed by atoms with E-state index in [9.17, 15) is 13.2 Å². The van der Waals surface area contributed by atoms with Crippen LogP contribution in [0, 0.1) is 6.92 Å². The maximum atomic E-state index is 13.4. The van der Waals surface area contributed by atoms with Crippen molar-refractivity contribution in [1.29, 1.82) is 0 Å². The second-order valence-corrected chi connectivity index (χ2v) is 10.6. The average Bonchev–Trinajstić information content (AvgIpc) is 2.75. The lowest BCUT2D eigenvalue weighted by molar-refractivity contribution is -0.117. The van der Waals surface area contributed by atoms with Crippen LogP contribution in [0.4, 0.5) is 5.69 Å². The first-order valence-corrected chi connectivity index (χ1v) is 12.7. The molecule has 0 spiro atoms. The number of anilines is 1. The van der Waals surface area contributed by atoms with Gasteiger partial charge in [0.1, 0.15) is 6.04 Å². The first-order valence-electron chi connectivity index (χ1n) is 10.4. The quantitative estimate of drug-likeness (QED) is 0.421. The Balaban J connectivity index is 1.93. The van der Waals surface area contributed by atoms with Gasteiger partial charge in [0.2, 0.25) is 15.9 Å². The van der Waals surface area contributed by atoms with Gasteiger partial charge in [0.25, 0.3) is 0 Å². The van der Waals surface area contributed by atoms with E-state index in [2.05, 4.69) is 39.8 Å². The van der Waals surface area contributed by atoms with E-state index in [-0.39, 0.29) is 17.2 Å². The number of hydrogen-bond acceptors (Lipinski definition) is 3. The third-order valence-electron chi connectivity index (χ3n) is 5.20. The van der Waals surface area contributed by atoms with E-state index in [0.717, 1.165) is 26.9 Å². The van der Waals surface area contributed by atoms with Gasteiger partial charge in [-0.3, -0.25) is 4.79 Å². The maximum Gasteiger partial charge on any atom is 0.242 e. The maximum absolute atomic E-state index is 13.4. The molecule has 3 aromatic rings. The van der Waals surface area contributed by atoms with Gasteiger partial charge in [-0.05, 0) is 60.2 Å². The van der Waals surface area contributed by atoms with Crippen LogP contribution in [0.3, 0.4) is 0 Å². The summed E-state index contributed by atoms with van der Waals surface area (Å²) in [7, 11) is -3.90. The van der Waals surface area contributed by atoms with E-state index in [4.69, 9.17) is 0 Å². The van der Waals surface area contributed by atoms with E-state index in [0.29, 0.717) is 0 Å². The molecule has 168 valence electrons. The van der Waals surface area contributed by atoms with Crippen LogP contribution in [0.2, 0.25) is 0 Å². The molecule has 1 atom stereocenters. The fourth-order valence-electron chi connectivity index (χ4n) is 3.46. The van der Waals surface area contributed by atoms with Crippen LogP contribution >= 0.6 is 15.9 Å². The Morgan fingerprint density at radius 2 is 1.59 bits per heavy atom. The van der Waals surface area contributed by atoms with E-state index in [1.165, 1.54) is 12.1 Å². The van der Waals surface area contributed by atoms with Crippen LogP contribution in [0.5, 0.6) is 0 Å². The second-order valence-electron chi connectivity index (χ2n) is 8.00. The van der Waals surface area contributed by atoms with Crippen LogP contribution in [0.15, 0.2) is 82.2 Å². The minimum Gasteiger partial charge on any atom is -0.324 e. The predicted molar refractivity (Wildman–Crippen MR) is 132 cm³/mol. The van der Waals surface area contributed by atoms with Crippen LogP contribution in [-0.4, -0.2) is 20.4 Å². The highest BCUT2D eigenvalue weighted by molar-refractivity contribution is 9.10. The highest BCUT2D eigenvalue weighted by atomic mass is 79.9. The van der Waals surface area contributed by atoms with Crippen molar-refractivity contribution in [2.24, 2.45) is 0 Å². The SMILES string of the molecule is Cc1cccc(C(C)C)c1NC(=O)[C@@H](Cc1ccccc1)NS(=O)(=O)c1ccc(Br)cc1. The van der Waals surface area contributed by atoms with Crippen LogP contribution < -0.4 is 10.0 Å². The Bertz CT molecular complexity index is 1180. The highest BCUT2D eigenvalue weighted by Crippen LogP contribution is 2.28. The van der Waals surface area contributed by atoms with E-state index < -0.39 is 22.0 Å². The summed E-state index contributed by atoms with van der Waals surface area (Å²) in [6.07, 6.45) is 0.228. The fraction of sp³-hybridized carbons (Fsp3) is 0.240. The molecule has 0 aliphatic carbocycles. The first-order chi connectivity index (χ1) is 15.2. The van der Waals surface area contributed by atoms with Gasteiger partial charge in [-0.2, -0.15) is 4.72 Å². The molecule has 1 amide bonds. The summed E-state index contributed by atoms with van der Waals surface area (Å²) < 4.78 is 29.5. The number of nitrogens with one attached hydrogen (secondary N) is 2. The Hall–Kier alpha value is -2.48. The van der Waals surface area contributed by atoms with Crippen molar-refractivity contribution in [2.75, 3.05) is 5.32 Å². The molecule has 0 heterocycles. The van der Waals surface area contributed by atoms with Crippen molar-refractivity contribution in [1.82, 2.24) is 4.72 Å². The number of halogens is 1. The number of aryl methyl sites for hydroxylation is 1. The third-order valence-corrected chi connectivity index (χ3v) is 7.21. The molecular weight excluding hydrogens is 488 g/mol. The molecule has 2 N–H and O–H groups in total. The summed E-state index contributed by atoms with van der Waals surface area (Å²) in [6, 6.07) is 20.6. The minimum atomic E-state index is -3.90. The average molecular weight is 515 g/mol. The van der Waals surface area contributed by atoms with Crippen molar-refractivity contribution < 1.29 is 13.2 Å². The third kappa shape index (κ3) is 6.06. The normalized spacial score (nSPS) is 12.5. The van der Waals surface area contributed by atoms with Crippen molar-refractivity contribution in [3.8, 4) is 0 Å². The molecule has 0 saturated carbocycles. The molecule has 5 nitrogen and oxygen atoms in total. The van der Waals surface area contributed by atoms with Gasteiger partial charge in [0, 0.05) is 10.2 Å².